The maximum absolute atomic E-state index is 13.1. The zero-order chi connectivity index (χ0) is 14.5. The molecule has 0 saturated heterocycles. The monoisotopic (exact) mass is 282 g/mol. The molecule has 0 unspecified atom stereocenters. The Hall–Kier alpha value is -2.62. The number of ether oxygens (including phenoxy) is 1. The van der Waals surface area contributed by atoms with Gasteiger partial charge in [-0.25, -0.2) is 4.39 Å². The van der Waals surface area contributed by atoms with Crippen LogP contribution in [0.25, 0.3) is 5.57 Å². The lowest BCUT2D eigenvalue weighted by molar-refractivity contribution is 0.211. The summed E-state index contributed by atoms with van der Waals surface area (Å²) in [6.07, 6.45) is 10.4. The van der Waals surface area contributed by atoms with Crippen molar-refractivity contribution in [2.75, 3.05) is 0 Å². The number of hydrogen-bond acceptors (Lipinski definition) is 2. The lowest BCUT2D eigenvalue weighted by Gasteiger charge is -2.06. The van der Waals surface area contributed by atoms with Crippen LogP contribution in [0.5, 0.6) is 0 Å². The fourth-order valence-electron chi connectivity index (χ4n) is 2.13. The highest BCUT2D eigenvalue weighted by atomic mass is 19.1. The number of benzene rings is 1. The second kappa shape index (κ2) is 6.22. The lowest BCUT2D eigenvalue weighted by Crippen LogP contribution is -1.92. The van der Waals surface area contributed by atoms with Crippen LogP contribution >= 0.6 is 0 Å². The standard InChI is InChI=1S/C17H15FN2O/c18-15-5-1-3-13(11-15)12-21-16-6-2-4-14(7-8-16)17-9-10-19-20-17/h1-3,5-11H,4,12H2,(H,19,20). The zero-order valence-electron chi connectivity index (χ0n) is 11.4. The molecule has 106 valence electrons. The van der Waals surface area contributed by atoms with Gasteiger partial charge in [0.2, 0.25) is 0 Å². The van der Waals surface area contributed by atoms with E-state index in [-0.39, 0.29) is 5.82 Å². The predicted octanol–water partition coefficient (Wildman–Crippen LogP) is 3.99. The van der Waals surface area contributed by atoms with E-state index in [1.165, 1.54) is 12.1 Å². The van der Waals surface area contributed by atoms with E-state index in [1.807, 2.05) is 36.4 Å². The second-order valence-electron chi connectivity index (χ2n) is 4.76. The summed E-state index contributed by atoms with van der Waals surface area (Å²) in [5, 5.41) is 6.90. The van der Waals surface area contributed by atoms with Crippen molar-refractivity contribution in [3.05, 3.63) is 83.7 Å². The Balaban J connectivity index is 1.68. The minimum atomic E-state index is -0.247. The van der Waals surface area contributed by atoms with Crippen LogP contribution in [0.2, 0.25) is 0 Å². The van der Waals surface area contributed by atoms with E-state index in [0.29, 0.717) is 6.61 Å². The average Bonchev–Trinajstić information content (AvgIpc) is 2.91. The highest BCUT2D eigenvalue weighted by Crippen LogP contribution is 2.21. The first kappa shape index (κ1) is 13.4. The SMILES string of the molecule is Fc1cccc(COC2=CC=C(c3ccn[nH]3)CC=C2)c1. The number of nitrogens with zero attached hydrogens (tertiary/aromatic N) is 1. The van der Waals surface area contributed by atoms with E-state index >= 15 is 0 Å². The number of rotatable bonds is 4. The van der Waals surface area contributed by atoms with Crippen molar-refractivity contribution < 1.29 is 9.13 Å². The second-order valence-corrected chi connectivity index (χ2v) is 4.76. The quantitative estimate of drug-likeness (QED) is 0.920. The van der Waals surface area contributed by atoms with Gasteiger partial charge in [0.15, 0.2) is 0 Å². The molecule has 0 atom stereocenters. The molecule has 0 saturated carbocycles. The van der Waals surface area contributed by atoms with Crippen LogP contribution in [0.4, 0.5) is 4.39 Å². The summed E-state index contributed by atoms with van der Waals surface area (Å²) in [7, 11) is 0. The van der Waals surface area contributed by atoms with Gasteiger partial charge in [0, 0.05) is 6.20 Å². The minimum Gasteiger partial charge on any atom is -0.489 e. The first-order valence-electron chi connectivity index (χ1n) is 6.76. The van der Waals surface area contributed by atoms with Gasteiger partial charge in [-0.3, -0.25) is 5.10 Å². The van der Waals surface area contributed by atoms with Gasteiger partial charge in [-0.2, -0.15) is 5.10 Å². The van der Waals surface area contributed by atoms with E-state index in [2.05, 4.69) is 10.2 Å². The van der Waals surface area contributed by atoms with Crippen LogP contribution < -0.4 is 0 Å². The predicted molar refractivity (Wildman–Crippen MR) is 79.6 cm³/mol. The molecule has 1 aromatic carbocycles. The molecule has 1 aliphatic carbocycles. The summed E-state index contributed by atoms with van der Waals surface area (Å²) < 4.78 is 18.8. The van der Waals surface area contributed by atoms with Crippen LogP contribution in [-0.4, -0.2) is 10.2 Å². The van der Waals surface area contributed by atoms with Crippen molar-refractivity contribution in [1.82, 2.24) is 10.2 Å². The Morgan fingerprint density at radius 3 is 3.00 bits per heavy atom. The molecule has 1 heterocycles. The maximum atomic E-state index is 13.1. The smallest absolute Gasteiger partial charge is 0.123 e. The Morgan fingerprint density at radius 2 is 2.19 bits per heavy atom. The molecule has 1 aliphatic rings. The van der Waals surface area contributed by atoms with Gasteiger partial charge in [-0.05, 0) is 47.9 Å². The molecule has 4 heteroatoms. The molecule has 0 radical (unpaired) electrons. The molecule has 0 spiro atoms. The lowest BCUT2D eigenvalue weighted by atomic mass is 10.1. The normalized spacial score (nSPS) is 14.3. The number of allylic oxidation sites excluding steroid dienone is 5. The molecular formula is C17H15FN2O. The van der Waals surface area contributed by atoms with Gasteiger partial charge >= 0.3 is 0 Å². The molecule has 2 aromatic rings. The van der Waals surface area contributed by atoms with E-state index in [4.69, 9.17) is 4.74 Å². The van der Waals surface area contributed by atoms with E-state index in [9.17, 15) is 4.39 Å². The van der Waals surface area contributed by atoms with Gasteiger partial charge in [0.05, 0.1) is 5.69 Å². The van der Waals surface area contributed by atoms with Crippen molar-refractivity contribution in [3.63, 3.8) is 0 Å². The van der Waals surface area contributed by atoms with Gasteiger partial charge in [0.1, 0.15) is 18.2 Å². The fraction of sp³-hybridized carbons (Fsp3) is 0.118. The maximum Gasteiger partial charge on any atom is 0.123 e. The highest BCUT2D eigenvalue weighted by Gasteiger charge is 2.04. The molecule has 0 fully saturated rings. The molecule has 21 heavy (non-hydrogen) atoms. The Kier molecular flexibility index (Phi) is 3.96. The number of aromatic amines is 1. The molecule has 0 aliphatic heterocycles. The van der Waals surface area contributed by atoms with Crippen molar-refractivity contribution in [3.8, 4) is 0 Å². The van der Waals surface area contributed by atoms with Crippen LogP contribution in [0.15, 0.2) is 66.6 Å². The van der Waals surface area contributed by atoms with Gasteiger partial charge in [0.25, 0.3) is 0 Å². The number of halogens is 1. The first-order chi connectivity index (χ1) is 10.3. The highest BCUT2D eigenvalue weighted by molar-refractivity contribution is 5.66. The van der Waals surface area contributed by atoms with Gasteiger partial charge < -0.3 is 4.74 Å². The minimum absolute atomic E-state index is 0.247. The average molecular weight is 282 g/mol. The first-order valence-corrected chi connectivity index (χ1v) is 6.76. The molecule has 0 amide bonds. The van der Waals surface area contributed by atoms with Gasteiger partial charge in [-0.15, -0.1) is 0 Å². The Morgan fingerprint density at radius 1 is 1.24 bits per heavy atom. The Bertz CT molecular complexity index is 699. The zero-order valence-corrected chi connectivity index (χ0v) is 11.4. The van der Waals surface area contributed by atoms with E-state index in [1.54, 1.807) is 12.3 Å². The summed E-state index contributed by atoms with van der Waals surface area (Å²) in [6, 6.07) is 8.37. The van der Waals surface area contributed by atoms with Crippen LogP contribution in [-0.2, 0) is 11.3 Å². The molecule has 1 N–H and O–H groups in total. The van der Waals surface area contributed by atoms with E-state index in [0.717, 1.165) is 29.0 Å². The molecule has 1 aromatic heterocycles. The summed E-state index contributed by atoms with van der Waals surface area (Å²) >= 11 is 0. The van der Waals surface area contributed by atoms with Crippen molar-refractivity contribution in [1.29, 1.82) is 0 Å². The number of hydrogen-bond donors (Lipinski definition) is 1. The summed E-state index contributed by atoms with van der Waals surface area (Å²) in [4.78, 5) is 0. The number of aromatic nitrogens is 2. The summed E-state index contributed by atoms with van der Waals surface area (Å²) in [6.45, 7) is 0.348. The third kappa shape index (κ3) is 3.48. The summed E-state index contributed by atoms with van der Waals surface area (Å²) in [5.74, 6) is 0.511. The number of H-pyrrole nitrogens is 1. The van der Waals surface area contributed by atoms with Gasteiger partial charge in [-0.1, -0.05) is 24.3 Å². The van der Waals surface area contributed by atoms with Crippen molar-refractivity contribution >= 4 is 5.57 Å². The third-order valence-electron chi connectivity index (χ3n) is 3.21. The topological polar surface area (TPSA) is 37.9 Å². The Labute approximate surface area is 122 Å². The van der Waals surface area contributed by atoms with Crippen LogP contribution in [0, 0.1) is 5.82 Å². The van der Waals surface area contributed by atoms with Crippen LogP contribution in [0.3, 0.4) is 0 Å². The largest absolute Gasteiger partial charge is 0.489 e. The van der Waals surface area contributed by atoms with Crippen molar-refractivity contribution in [2.45, 2.75) is 13.0 Å². The summed E-state index contributed by atoms with van der Waals surface area (Å²) in [5.41, 5.74) is 2.96. The third-order valence-corrected chi connectivity index (χ3v) is 3.21. The van der Waals surface area contributed by atoms with Crippen molar-refractivity contribution in [2.24, 2.45) is 0 Å². The van der Waals surface area contributed by atoms with Crippen LogP contribution in [0.1, 0.15) is 17.7 Å². The molecule has 0 bridgehead atoms. The molecule has 3 rings (SSSR count). The molecular weight excluding hydrogens is 267 g/mol. The fourth-order valence-corrected chi connectivity index (χ4v) is 2.13. The van der Waals surface area contributed by atoms with E-state index < -0.39 is 0 Å². The number of nitrogens with one attached hydrogen (secondary N) is 1. The molecule has 3 nitrogen and oxygen atoms in total.